The van der Waals surface area contributed by atoms with Gasteiger partial charge in [-0.1, -0.05) is 0 Å². The number of hydrogen-bond acceptors (Lipinski definition) is 4. The standard InChI is InChI=1S/C13H23N3O2/c1-9-11(8-16(6)15-9)7-14-10(2)12(17)18-13(3,4)5/h8,10,14H,7H2,1-6H3. The number of aryl methyl sites for hydroxylation is 2. The molecule has 1 atom stereocenters. The van der Waals surface area contributed by atoms with Crippen molar-refractivity contribution in [3.8, 4) is 0 Å². The number of carbonyl (C=O) groups excluding carboxylic acids is 1. The van der Waals surface area contributed by atoms with Gasteiger partial charge in [0, 0.05) is 25.4 Å². The van der Waals surface area contributed by atoms with Crippen molar-refractivity contribution in [2.45, 2.75) is 52.8 Å². The summed E-state index contributed by atoms with van der Waals surface area (Å²) in [5, 5.41) is 7.40. The van der Waals surface area contributed by atoms with Crippen molar-refractivity contribution in [1.29, 1.82) is 0 Å². The molecular weight excluding hydrogens is 230 g/mol. The molecule has 0 aliphatic carbocycles. The largest absolute Gasteiger partial charge is 0.459 e. The Bertz CT molecular complexity index is 418. The van der Waals surface area contributed by atoms with E-state index in [0.717, 1.165) is 11.3 Å². The number of nitrogens with one attached hydrogen (secondary N) is 1. The van der Waals surface area contributed by atoms with Gasteiger partial charge in [0.25, 0.3) is 0 Å². The minimum Gasteiger partial charge on any atom is -0.459 e. The first kappa shape index (κ1) is 14.7. The first-order valence-corrected chi connectivity index (χ1v) is 6.14. The van der Waals surface area contributed by atoms with Crippen LogP contribution in [0.25, 0.3) is 0 Å². The topological polar surface area (TPSA) is 56.2 Å². The average Bonchev–Trinajstić information content (AvgIpc) is 2.51. The Balaban J connectivity index is 2.48. The van der Waals surface area contributed by atoms with Gasteiger partial charge < -0.3 is 10.1 Å². The third-order valence-electron chi connectivity index (χ3n) is 2.47. The van der Waals surface area contributed by atoms with E-state index in [-0.39, 0.29) is 12.0 Å². The average molecular weight is 253 g/mol. The van der Waals surface area contributed by atoms with Gasteiger partial charge in [0.2, 0.25) is 0 Å². The molecular formula is C13H23N3O2. The van der Waals surface area contributed by atoms with Gasteiger partial charge in [-0.3, -0.25) is 9.48 Å². The molecule has 0 bridgehead atoms. The van der Waals surface area contributed by atoms with Gasteiger partial charge in [0.1, 0.15) is 11.6 Å². The zero-order chi connectivity index (χ0) is 13.9. The highest BCUT2D eigenvalue weighted by Gasteiger charge is 2.21. The third kappa shape index (κ3) is 4.49. The van der Waals surface area contributed by atoms with Crippen molar-refractivity contribution in [2.75, 3.05) is 0 Å². The smallest absolute Gasteiger partial charge is 0.323 e. The highest BCUT2D eigenvalue weighted by molar-refractivity contribution is 5.75. The Morgan fingerprint density at radius 2 is 2.17 bits per heavy atom. The van der Waals surface area contributed by atoms with E-state index in [1.165, 1.54) is 0 Å². The maximum Gasteiger partial charge on any atom is 0.323 e. The fraction of sp³-hybridized carbons (Fsp3) is 0.692. The van der Waals surface area contributed by atoms with Crippen LogP contribution in [0.2, 0.25) is 0 Å². The van der Waals surface area contributed by atoms with Gasteiger partial charge >= 0.3 is 5.97 Å². The van der Waals surface area contributed by atoms with E-state index in [4.69, 9.17) is 4.74 Å². The van der Waals surface area contributed by atoms with Crippen LogP contribution >= 0.6 is 0 Å². The lowest BCUT2D eigenvalue weighted by Gasteiger charge is -2.22. The molecule has 1 unspecified atom stereocenters. The summed E-state index contributed by atoms with van der Waals surface area (Å²) >= 11 is 0. The first-order chi connectivity index (χ1) is 8.19. The number of aromatic nitrogens is 2. The normalized spacial score (nSPS) is 13.4. The van der Waals surface area contributed by atoms with Crippen LogP contribution in [0.5, 0.6) is 0 Å². The Labute approximate surface area is 109 Å². The van der Waals surface area contributed by atoms with Crippen LogP contribution in [-0.2, 0) is 23.1 Å². The van der Waals surface area contributed by atoms with Gasteiger partial charge in [-0.15, -0.1) is 0 Å². The van der Waals surface area contributed by atoms with Crippen molar-refractivity contribution in [3.63, 3.8) is 0 Å². The number of esters is 1. The van der Waals surface area contributed by atoms with Crippen LogP contribution in [0, 0.1) is 6.92 Å². The van der Waals surface area contributed by atoms with Crippen molar-refractivity contribution >= 4 is 5.97 Å². The van der Waals surface area contributed by atoms with E-state index in [9.17, 15) is 4.79 Å². The summed E-state index contributed by atoms with van der Waals surface area (Å²) in [6, 6.07) is -0.330. The van der Waals surface area contributed by atoms with Gasteiger partial charge in [-0.05, 0) is 34.6 Å². The quantitative estimate of drug-likeness (QED) is 0.827. The molecule has 1 heterocycles. The number of rotatable bonds is 4. The summed E-state index contributed by atoms with van der Waals surface area (Å²) in [4.78, 5) is 11.8. The van der Waals surface area contributed by atoms with E-state index in [0.29, 0.717) is 6.54 Å². The SMILES string of the molecule is Cc1nn(C)cc1CNC(C)C(=O)OC(C)(C)C. The molecule has 1 rings (SSSR count). The molecule has 0 fully saturated rings. The highest BCUT2D eigenvalue weighted by atomic mass is 16.6. The van der Waals surface area contributed by atoms with Crippen molar-refractivity contribution in [1.82, 2.24) is 15.1 Å². The van der Waals surface area contributed by atoms with Crippen LogP contribution in [0.4, 0.5) is 0 Å². The third-order valence-corrected chi connectivity index (χ3v) is 2.47. The Kier molecular flexibility index (Phi) is 4.51. The second-order valence-corrected chi connectivity index (χ2v) is 5.55. The summed E-state index contributed by atoms with van der Waals surface area (Å²) in [6.07, 6.45) is 1.95. The highest BCUT2D eigenvalue weighted by Crippen LogP contribution is 2.09. The fourth-order valence-electron chi connectivity index (χ4n) is 1.56. The van der Waals surface area contributed by atoms with Gasteiger partial charge in [-0.25, -0.2) is 0 Å². The zero-order valence-electron chi connectivity index (χ0n) is 12.1. The Morgan fingerprint density at radius 1 is 1.56 bits per heavy atom. The monoisotopic (exact) mass is 253 g/mol. The minimum atomic E-state index is -0.447. The lowest BCUT2D eigenvalue weighted by atomic mass is 10.2. The molecule has 102 valence electrons. The molecule has 0 radical (unpaired) electrons. The molecule has 1 aromatic heterocycles. The van der Waals surface area contributed by atoms with Gasteiger partial charge in [-0.2, -0.15) is 5.10 Å². The van der Waals surface area contributed by atoms with E-state index < -0.39 is 5.60 Å². The molecule has 5 nitrogen and oxygen atoms in total. The summed E-state index contributed by atoms with van der Waals surface area (Å²) in [7, 11) is 1.88. The van der Waals surface area contributed by atoms with E-state index in [1.807, 2.05) is 40.9 Å². The van der Waals surface area contributed by atoms with Gasteiger partial charge in [0.05, 0.1) is 5.69 Å². The summed E-state index contributed by atoms with van der Waals surface area (Å²) in [6.45, 7) is 9.96. The summed E-state index contributed by atoms with van der Waals surface area (Å²) in [5.41, 5.74) is 1.62. The minimum absolute atomic E-state index is 0.232. The molecule has 0 saturated heterocycles. The Hall–Kier alpha value is -1.36. The predicted octanol–water partition coefficient (Wildman–Crippen LogP) is 1.55. The van der Waals surface area contributed by atoms with E-state index in [2.05, 4.69) is 10.4 Å². The maximum atomic E-state index is 11.8. The first-order valence-electron chi connectivity index (χ1n) is 6.14. The second kappa shape index (κ2) is 5.52. The molecule has 0 saturated carbocycles. The van der Waals surface area contributed by atoms with Crippen LogP contribution < -0.4 is 5.32 Å². The molecule has 0 aliphatic heterocycles. The Morgan fingerprint density at radius 3 is 2.61 bits per heavy atom. The molecule has 0 aromatic carbocycles. The number of ether oxygens (including phenoxy) is 1. The number of hydrogen-bond donors (Lipinski definition) is 1. The van der Waals surface area contributed by atoms with Crippen LogP contribution in [0.1, 0.15) is 39.0 Å². The number of nitrogens with zero attached hydrogens (tertiary/aromatic N) is 2. The van der Waals surface area contributed by atoms with E-state index in [1.54, 1.807) is 11.6 Å². The zero-order valence-corrected chi connectivity index (χ0v) is 12.1. The fourth-order valence-corrected chi connectivity index (χ4v) is 1.56. The lowest BCUT2D eigenvalue weighted by Crippen LogP contribution is -2.38. The lowest BCUT2D eigenvalue weighted by molar-refractivity contribution is -0.157. The molecule has 0 amide bonds. The maximum absolute atomic E-state index is 11.8. The molecule has 18 heavy (non-hydrogen) atoms. The van der Waals surface area contributed by atoms with Crippen molar-refractivity contribution < 1.29 is 9.53 Å². The van der Waals surface area contributed by atoms with Crippen LogP contribution in [-0.4, -0.2) is 27.4 Å². The van der Waals surface area contributed by atoms with Crippen molar-refractivity contribution in [2.24, 2.45) is 7.05 Å². The predicted molar refractivity (Wildman–Crippen MR) is 70.1 cm³/mol. The molecule has 1 aromatic rings. The van der Waals surface area contributed by atoms with Crippen LogP contribution in [0.3, 0.4) is 0 Å². The van der Waals surface area contributed by atoms with Crippen LogP contribution in [0.15, 0.2) is 6.20 Å². The second-order valence-electron chi connectivity index (χ2n) is 5.55. The molecule has 0 aliphatic rings. The van der Waals surface area contributed by atoms with E-state index >= 15 is 0 Å². The number of carbonyl (C=O) groups is 1. The molecule has 1 N–H and O–H groups in total. The summed E-state index contributed by atoms with van der Waals surface area (Å²) < 4.78 is 7.07. The summed E-state index contributed by atoms with van der Waals surface area (Å²) in [5.74, 6) is -0.232. The molecule has 0 spiro atoms. The van der Waals surface area contributed by atoms with Crippen molar-refractivity contribution in [3.05, 3.63) is 17.5 Å². The van der Waals surface area contributed by atoms with Gasteiger partial charge in [0.15, 0.2) is 0 Å². The molecule has 5 heteroatoms.